The highest BCUT2D eigenvalue weighted by Crippen LogP contribution is 2.29. The van der Waals surface area contributed by atoms with E-state index in [0.29, 0.717) is 6.42 Å². The Morgan fingerprint density at radius 1 is 1.14 bits per heavy atom. The summed E-state index contributed by atoms with van der Waals surface area (Å²) in [4.78, 5) is 9.17. The Balaban J connectivity index is 0. The Hall–Kier alpha value is -1.51. The van der Waals surface area contributed by atoms with E-state index in [4.69, 9.17) is 4.74 Å². The van der Waals surface area contributed by atoms with Crippen molar-refractivity contribution in [3.8, 4) is 5.75 Å². The van der Waals surface area contributed by atoms with Crippen LogP contribution < -0.4 is 10.1 Å². The number of aryl methyl sites for hydroxylation is 1. The highest BCUT2D eigenvalue weighted by molar-refractivity contribution is 5.59. The van der Waals surface area contributed by atoms with E-state index in [1.807, 2.05) is 27.8 Å². The molecule has 0 fully saturated rings. The molecule has 0 aliphatic rings. The van der Waals surface area contributed by atoms with E-state index in [9.17, 15) is 4.79 Å². The van der Waals surface area contributed by atoms with E-state index < -0.39 is 0 Å². The zero-order valence-corrected chi connectivity index (χ0v) is 14.7. The first kappa shape index (κ1) is 21.8. The van der Waals surface area contributed by atoms with Crippen LogP contribution in [0.4, 0.5) is 5.69 Å². The minimum Gasteiger partial charge on any atom is -0.491 e. The summed E-state index contributed by atoms with van der Waals surface area (Å²) in [6, 6.07) is 6.29. The van der Waals surface area contributed by atoms with Crippen molar-refractivity contribution in [2.45, 2.75) is 60.3 Å². The molecule has 1 rings (SSSR count). The lowest BCUT2D eigenvalue weighted by Gasteiger charge is -2.14. The van der Waals surface area contributed by atoms with E-state index in [1.54, 1.807) is 0 Å². The molecule has 0 aromatic heterocycles. The SMILES string of the molecule is CC.CCC=O.CCCOc1c(CCC)cccc1NC. The summed E-state index contributed by atoms with van der Waals surface area (Å²) in [7, 11) is 1.93. The Kier molecular flexibility index (Phi) is 17.2. The van der Waals surface area contributed by atoms with Crippen LogP contribution in [0.25, 0.3) is 0 Å². The third kappa shape index (κ3) is 9.94. The molecule has 1 aromatic carbocycles. The van der Waals surface area contributed by atoms with Gasteiger partial charge < -0.3 is 14.8 Å². The fraction of sp³-hybridized carbons (Fsp3) is 0.611. The monoisotopic (exact) mass is 295 g/mol. The van der Waals surface area contributed by atoms with E-state index >= 15 is 0 Å². The molecule has 3 nitrogen and oxygen atoms in total. The van der Waals surface area contributed by atoms with E-state index in [1.165, 1.54) is 5.56 Å². The summed E-state index contributed by atoms with van der Waals surface area (Å²) in [5.74, 6) is 1.03. The van der Waals surface area contributed by atoms with Crippen LogP contribution in [-0.2, 0) is 11.2 Å². The fourth-order valence-electron chi connectivity index (χ4n) is 1.62. The highest BCUT2D eigenvalue weighted by Gasteiger charge is 2.07. The van der Waals surface area contributed by atoms with Crippen molar-refractivity contribution in [3.63, 3.8) is 0 Å². The molecule has 3 heteroatoms. The zero-order valence-electron chi connectivity index (χ0n) is 14.7. The number of hydrogen-bond acceptors (Lipinski definition) is 3. The van der Waals surface area contributed by atoms with Gasteiger partial charge in [0, 0.05) is 13.5 Å². The van der Waals surface area contributed by atoms with Crippen molar-refractivity contribution in [2.75, 3.05) is 19.0 Å². The molecule has 122 valence electrons. The predicted octanol–water partition coefficient (Wildman–Crippen LogP) is 5.09. The summed E-state index contributed by atoms with van der Waals surface area (Å²) in [5.41, 5.74) is 2.40. The first-order chi connectivity index (χ1) is 10.2. The van der Waals surface area contributed by atoms with E-state index in [2.05, 4.69) is 37.4 Å². The second kappa shape index (κ2) is 16.5. The second-order valence-corrected chi connectivity index (χ2v) is 4.22. The number of hydrogen-bond donors (Lipinski definition) is 1. The van der Waals surface area contributed by atoms with Crippen molar-refractivity contribution in [1.29, 1.82) is 0 Å². The quantitative estimate of drug-likeness (QED) is 0.712. The first-order valence-corrected chi connectivity index (χ1v) is 8.11. The first-order valence-electron chi connectivity index (χ1n) is 8.11. The van der Waals surface area contributed by atoms with Crippen LogP contribution in [0.1, 0.15) is 59.4 Å². The van der Waals surface area contributed by atoms with Crippen LogP contribution >= 0.6 is 0 Å². The maximum atomic E-state index is 9.17. The standard InChI is InChI=1S/C13H21NO.C3H6O.C2H6/c1-4-7-11-8-6-9-12(14-3)13(11)15-10-5-2;1-2-3-4;1-2/h6,8-9,14H,4-5,7,10H2,1-3H3;3H,2H2,1H3;1-2H3. The molecule has 0 atom stereocenters. The van der Waals surface area contributed by atoms with Gasteiger partial charge in [-0.05, 0) is 24.5 Å². The maximum absolute atomic E-state index is 9.17. The molecule has 1 aromatic rings. The van der Waals surface area contributed by atoms with E-state index in [-0.39, 0.29) is 0 Å². The molecule has 21 heavy (non-hydrogen) atoms. The largest absolute Gasteiger partial charge is 0.491 e. The molecule has 0 amide bonds. The molecular weight excluding hydrogens is 262 g/mol. The van der Waals surface area contributed by atoms with E-state index in [0.717, 1.165) is 43.6 Å². The van der Waals surface area contributed by atoms with Crippen molar-refractivity contribution in [3.05, 3.63) is 23.8 Å². The molecule has 0 bridgehead atoms. The predicted molar refractivity (Wildman–Crippen MR) is 93.5 cm³/mol. The lowest BCUT2D eigenvalue weighted by molar-refractivity contribution is -0.107. The van der Waals surface area contributed by atoms with Crippen LogP contribution in [0.2, 0.25) is 0 Å². The van der Waals surface area contributed by atoms with Gasteiger partial charge in [-0.3, -0.25) is 0 Å². The Bertz CT molecular complexity index is 351. The third-order valence-corrected chi connectivity index (χ3v) is 2.50. The summed E-state index contributed by atoms with van der Waals surface area (Å²) < 4.78 is 5.80. The van der Waals surface area contributed by atoms with Gasteiger partial charge in [0.2, 0.25) is 0 Å². The number of para-hydroxylation sites is 1. The molecule has 0 radical (unpaired) electrons. The van der Waals surface area contributed by atoms with Crippen LogP contribution in [0.5, 0.6) is 5.75 Å². The minimum absolute atomic E-state index is 0.639. The summed E-state index contributed by atoms with van der Waals surface area (Å²) in [6.45, 7) is 10.9. The molecular formula is C18H33NO2. The third-order valence-electron chi connectivity index (χ3n) is 2.50. The molecule has 1 N–H and O–H groups in total. The van der Waals surface area contributed by atoms with Gasteiger partial charge in [0.1, 0.15) is 12.0 Å². The van der Waals surface area contributed by atoms with Gasteiger partial charge in [0.05, 0.1) is 12.3 Å². The number of anilines is 1. The molecule has 0 saturated heterocycles. The maximum Gasteiger partial charge on any atom is 0.145 e. The number of nitrogens with one attached hydrogen (secondary N) is 1. The average molecular weight is 295 g/mol. The van der Waals surface area contributed by atoms with Crippen molar-refractivity contribution >= 4 is 12.0 Å². The van der Waals surface area contributed by atoms with Gasteiger partial charge in [-0.25, -0.2) is 0 Å². The zero-order chi connectivity index (χ0) is 16.5. The lowest BCUT2D eigenvalue weighted by Crippen LogP contribution is -2.02. The number of carbonyl (C=O) groups excluding carboxylic acids is 1. The number of rotatable bonds is 7. The summed E-state index contributed by atoms with van der Waals surface area (Å²) in [5, 5.41) is 3.18. The number of aldehydes is 1. The molecule has 0 saturated carbocycles. The number of benzene rings is 1. The molecule has 0 heterocycles. The lowest BCUT2D eigenvalue weighted by atomic mass is 10.1. The molecule has 0 unspecified atom stereocenters. The highest BCUT2D eigenvalue weighted by atomic mass is 16.5. The van der Waals surface area contributed by atoms with Crippen LogP contribution in [0, 0.1) is 0 Å². The van der Waals surface area contributed by atoms with Crippen molar-refractivity contribution < 1.29 is 9.53 Å². The fourth-order valence-corrected chi connectivity index (χ4v) is 1.62. The van der Waals surface area contributed by atoms with Crippen LogP contribution in [0.3, 0.4) is 0 Å². The Morgan fingerprint density at radius 3 is 2.19 bits per heavy atom. The molecule has 0 aliphatic heterocycles. The second-order valence-electron chi connectivity index (χ2n) is 4.22. The van der Waals surface area contributed by atoms with Gasteiger partial charge in [0.15, 0.2) is 0 Å². The summed E-state index contributed by atoms with van der Waals surface area (Å²) >= 11 is 0. The Labute approximate surface area is 131 Å². The van der Waals surface area contributed by atoms with Gasteiger partial charge in [-0.15, -0.1) is 0 Å². The minimum atomic E-state index is 0.639. The van der Waals surface area contributed by atoms with Gasteiger partial charge in [-0.1, -0.05) is 53.2 Å². The van der Waals surface area contributed by atoms with Gasteiger partial charge in [0.25, 0.3) is 0 Å². The van der Waals surface area contributed by atoms with Gasteiger partial charge >= 0.3 is 0 Å². The smallest absolute Gasteiger partial charge is 0.145 e. The topological polar surface area (TPSA) is 38.3 Å². The van der Waals surface area contributed by atoms with Crippen LogP contribution in [-0.4, -0.2) is 19.9 Å². The normalized spacial score (nSPS) is 8.67. The summed E-state index contributed by atoms with van der Waals surface area (Å²) in [6.07, 6.45) is 4.79. The van der Waals surface area contributed by atoms with Gasteiger partial charge in [-0.2, -0.15) is 0 Å². The molecule has 0 spiro atoms. The number of ether oxygens (including phenoxy) is 1. The number of carbonyl (C=O) groups is 1. The average Bonchev–Trinajstić information content (AvgIpc) is 2.55. The Morgan fingerprint density at radius 2 is 1.76 bits per heavy atom. The molecule has 0 aliphatic carbocycles. The van der Waals surface area contributed by atoms with Crippen molar-refractivity contribution in [1.82, 2.24) is 0 Å². The van der Waals surface area contributed by atoms with Crippen LogP contribution in [0.15, 0.2) is 18.2 Å². The van der Waals surface area contributed by atoms with Crippen molar-refractivity contribution in [2.24, 2.45) is 0 Å².